The summed E-state index contributed by atoms with van der Waals surface area (Å²) < 4.78 is 53.8. The quantitative estimate of drug-likeness (QED) is 0.232. The van der Waals surface area contributed by atoms with Crippen molar-refractivity contribution in [3.05, 3.63) is 29.1 Å². The zero-order chi connectivity index (χ0) is 23.6. The zero-order valence-corrected chi connectivity index (χ0v) is 20.3. The van der Waals surface area contributed by atoms with Crippen LogP contribution in [-0.2, 0) is 10.8 Å². The first-order valence-electron chi connectivity index (χ1n) is 11.3. The molecular weight excluding hydrogens is 423 g/mol. The third kappa shape index (κ3) is 10.2. The smallest absolute Gasteiger partial charge is 0.182 e. The van der Waals surface area contributed by atoms with Crippen molar-refractivity contribution in [2.24, 2.45) is 17.8 Å². The van der Waals surface area contributed by atoms with Crippen LogP contribution in [0.3, 0.4) is 0 Å². The molecule has 178 valence electrons. The predicted molar refractivity (Wildman–Crippen MR) is 124 cm³/mol. The summed E-state index contributed by atoms with van der Waals surface area (Å²) in [6.07, 6.45) is 9.19. The fraction of sp³-hybridized carbons (Fsp3) is 0.708. The van der Waals surface area contributed by atoms with Gasteiger partial charge in [-0.3, -0.25) is 9.00 Å². The monoisotopic (exact) mass is 461 g/mol. The minimum atomic E-state index is -1.57. The largest absolute Gasteiger partial charge is 0.382 e. The number of anilines is 1. The number of ketones is 1. The van der Waals surface area contributed by atoms with Crippen LogP contribution in [0.5, 0.6) is 0 Å². The van der Waals surface area contributed by atoms with E-state index in [1.165, 1.54) is 31.9 Å². The van der Waals surface area contributed by atoms with Crippen LogP contribution in [0, 0.1) is 35.2 Å². The first kappa shape index (κ1) is 27.7. The third-order valence-electron chi connectivity index (χ3n) is 5.60. The lowest BCUT2D eigenvalue weighted by Crippen LogP contribution is -2.16. The molecule has 0 aliphatic carbocycles. The van der Waals surface area contributed by atoms with Gasteiger partial charge >= 0.3 is 0 Å². The molecule has 0 aliphatic rings. The Bertz CT molecular complexity index is 740. The van der Waals surface area contributed by atoms with Gasteiger partial charge in [0.1, 0.15) is 5.82 Å². The molecule has 3 unspecified atom stereocenters. The first-order valence-corrected chi connectivity index (χ1v) is 13.0. The molecule has 31 heavy (non-hydrogen) atoms. The van der Waals surface area contributed by atoms with Gasteiger partial charge in [0.15, 0.2) is 17.4 Å². The number of carbonyl (C=O) groups excluding carboxylic acids is 1. The topological polar surface area (TPSA) is 46.2 Å². The van der Waals surface area contributed by atoms with E-state index in [1.807, 2.05) is 0 Å². The average Bonchev–Trinajstić information content (AvgIpc) is 2.64. The van der Waals surface area contributed by atoms with E-state index in [9.17, 15) is 22.2 Å². The molecule has 0 radical (unpaired) electrons. The van der Waals surface area contributed by atoms with E-state index in [-0.39, 0.29) is 5.69 Å². The molecule has 0 saturated heterocycles. The summed E-state index contributed by atoms with van der Waals surface area (Å²) in [5.41, 5.74) is -1.26. The normalized spacial score (nSPS) is 14.5. The Kier molecular flexibility index (Phi) is 12.4. The molecule has 1 N–H and O–H groups in total. The number of rotatable bonds is 15. The fourth-order valence-electron chi connectivity index (χ4n) is 3.67. The summed E-state index contributed by atoms with van der Waals surface area (Å²) in [4.78, 5) is 11.8. The van der Waals surface area contributed by atoms with Gasteiger partial charge in [0, 0.05) is 29.7 Å². The van der Waals surface area contributed by atoms with Crippen LogP contribution in [0.1, 0.15) is 83.0 Å². The maximum absolute atomic E-state index is 14.3. The highest BCUT2D eigenvalue weighted by atomic mass is 32.2. The number of hydrogen-bond acceptors (Lipinski definition) is 3. The van der Waals surface area contributed by atoms with Crippen molar-refractivity contribution in [3.63, 3.8) is 0 Å². The Morgan fingerprint density at radius 3 is 2.03 bits per heavy atom. The molecule has 0 aliphatic heterocycles. The predicted octanol–water partition coefficient (Wildman–Crippen LogP) is 6.74. The van der Waals surface area contributed by atoms with Crippen molar-refractivity contribution in [2.45, 2.75) is 72.6 Å². The SMILES string of the molecule is CC(C)CCCC(C)CCCC(C)CCNc1cc(F)c(C(=O)CS(C)=O)c(F)c1F. The first-order chi connectivity index (χ1) is 14.5. The second kappa shape index (κ2) is 13.9. The molecule has 1 aromatic carbocycles. The minimum Gasteiger partial charge on any atom is -0.382 e. The maximum Gasteiger partial charge on any atom is 0.182 e. The zero-order valence-electron chi connectivity index (χ0n) is 19.5. The van der Waals surface area contributed by atoms with E-state index >= 15 is 0 Å². The van der Waals surface area contributed by atoms with Gasteiger partial charge in [-0.2, -0.15) is 0 Å². The van der Waals surface area contributed by atoms with E-state index in [4.69, 9.17) is 0 Å². The lowest BCUT2D eigenvalue weighted by molar-refractivity contribution is 0.101. The van der Waals surface area contributed by atoms with Crippen LogP contribution in [0.2, 0.25) is 0 Å². The van der Waals surface area contributed by atoms with Crippen LogP contribution >= 0.6 is 0 Å². The molecule has 0 fully saturated rings. The Morgan fingerprint density at radius 2 is 1.48 bits per heavy atom. The van der Waals surface area contributed by atoms with Gasteiger partial charge in [-0.05, 0) is 24.2 Å². The van der Waals surface area contributed by atoms with E-state index < -0.39 is 45.4 Å². The van der Waals surface area contributed by atoms with Gasteiger partial charge in [0.2, 0.25) is 0 Å². The molecule has 0 bridgehead atoms. The number of benzene rings is 1. The van der Waals surface area contributed by atoms with Gasteiger partial charge < -0.3 is 5.32 Å². The number of nitrogens with one attached hydrogen (secondary N) is 1. The highest BCUT2D eigenvalue weighted by Gasteiger charge is 2.24. The molecule has 1 rings (SSSR count). The summed E-state index contributed by atoms with van der Waals surface area (Å²) >= 11 is 0. The number of halogens is 3. The van der Waals surface area contributed by atoms with Crippen molar-refractivity contribution in [1.29, 1.82) is 0 Å². The lowest BCUT2D eigenvalue weighted by atomic mass is 9.92. The molecule has 3 nitrogen and oxygen atoms in total. The van der Waals surface area contributed by atoms with Gasteiger partial charge in [-0.15, -0.1) is 0 Å². The standard InChI is InChI=1S/C24H38F3NO2S/c1-16(2)8-6-9-17(3)10-7-11-18(4)12-13-28-20-14-19(25)22(24(27)23(20)26)21(29)15-31(5)30/h14,16-18,28H,6-13,15H2,1-5H3. The summed E-state index contributed by atoms with van der Waals surface area (Å²) in [6.45, 7) is 9.30. The number of Topliss-reactive ketones (excluding diaryl/α,β-unsaturated/α-hetero) is 1. The Balaban J connectivity index is 2.46. The fourth-order valence-corrected chi connectivity index (χ4v) is 4.18. The molecule has 7 heteroatoms. The van der Waals surface area contributed by atoms with Crippen LogP contribution < -0.4 is 5.32 Å². The highest BCUT2D eigenvalue weighted by Crippen LogP contribution is 2.25. The molecule has 3 atom stereocenters. The van der Waals surface area contributed by atoms with Crippen LogP contribution in [-0.4, -0.2) is 28.5 Å². The van der Waals surface area contributed by atoms with Gasteiger partial charge in [-0.1, -0.05) is 66.2 Å². The highest BCUT2D eigenvalue weighted by molar-refractivity contribution is 7.85. The third-order valence-corrected chi connectivity index (χ3v) is 6.27. The molecule has 0 heterocycles. The number of carbonyl (C=O) groups is 1. The number of hydrogen-bond donors (Lipinski definition) is 1. The molecule has 0 amide bonds. The van der Waals surface area contributed by atoms with Crippen molar-refractivity contribution in [3.8, 4) is 0 Å². The second-order valence-electron chi connectivity index (χ2n) is 9.23. The van der Waals surface area contributed by atoms with E-state index in [0.717, 1.165) is 37.2 Å². The summed E-state index contributed by atoms with van der Waals surface area (Å²) in [5.74, 6) is -3.63. The van der Waals surface area contributed by atoms with Crippen LogP contribution in [0.15, 0.2) is 6.07 Å². The van der Waals surface area contributed by atoms with Gasteiger partial charge in [0.05, 0.1) is 17.0 Å². The molecule has 1 aromatic rings. The molecule has 0 aromatic heterocycles. The van der Waals surface area contributed by atoms with Crippen molar-refractivity contribution < 1.29 is 22.2 Å². The lowest BCUT2D eigenvalue weighted by Gasteiger charge is -2.16. The Labute approximate surface area is 188 Å². The summed E-state index contributed by atoms with van der Waals surface area (Å²) in [5, 5.41) is 2.74. The second-order valence-corrected chi connectivity index (χ2v) is 10.7. The van der Waals surface area contributed by atoms with Gasteiger partial charge in [0.25, 0.3) is 0 Å². The molecule has 0 saturated carbocycles. The Hall–Kier alpha value is -1.37. The van der Waals surface area contributed by atoms with Crippen LogP contribution in [0.25, 0.3) is 0 Å². The molecule has 0 spiro atoms. The Morgan fingerprint density at radius 1 is 0.935 bits per heavy atom. The van der Waals surface area contributed by atoms with Crippen molar-refractivity contribution in [2.75, 3.05) is 23.9 Å². The van der Waals surface area contributed by atoms with Crippen LogP contribution in [0.4, 0.5) is 18.9 Å². The summed E-state index contributed by atoms with van der Waals surface area (Å²) in [7, 11) is -1.57. The van der Waals surface area contributed by atoms with Crippen molar-refractivity contribution in [1.82, 2.24) is 0 Å². The van der Waals surface area contributed by atoms with Gasteiger partial charge in [-0.25, -0.2) is 13.2 Å². The van der Waals surface area contributed by atoms with E-state index in [2.05, 4.69) is 33.0 Å². The maximum atomic E-state index is 14.3. The summed E-state index contributed by atoms with van der Waals surface area (Å²) in [6, 6.07) is 0.799. The molecular formula is C24H38F3NO2S. The van der Waals surface area contributed by atoms with E-state index in [0.29, 0.717) is 12.5 Å². The minimum absolute atomic E-state index is 0.296. The average molecular weight is 462 g/mol. The van der Waals surface area contributed by atoms with E-state index in [1.54, 1.807) is 0 Å². The van der Waals surface area contributed by atoms with Crippen molar-refractivity contribution >= 4 is 22.3 Å².